The highest BCUT2D eigenvalue weighted by Crippen LogP contribution is 2.39. The van der Waals surface area contributed by atoms with Crippen molar-refractivity contribution in [3.8, 4) is 5.75 Å². The van der Waals surface area contributed by atoms with Crippen molar-refractivity contribution < 1.29 is 14.3 Å². The molecule has 0 aromatic heterocycles. The van der Waals surface area contributed by atoms with Crippen LogP contribution in [0.25, 0.3) is 0 Å². The molecule has 2 aliphatic rings. The Morgan fingerprint density at radius 3 is 2.60 bits per heavy atom. The molecular formula is C23H35N3O3S. The maximum Gasteiger partial charge on any atom is 0.253 e. The van der Waals surface area contributed by atoms with Gasteiger partial charge in [0.05, 0.1) is 17.5 Å². The molecule has 1 aromatic rings. The van der Waals surface area contributed by atoms with Crippen LogP contribution in [0.5, 0.6) is 5.75 Å². The number of hydrogen-bond acceptors (Lipinski definition) is 5. The van der Waals surface area contributed by atoms with E-state index in [4.69, 9.17) is 4.74 Å². The fourth-order valence-electron chi connectivity index (χ4n) is 3.80. The van der Waals surface area contributed by atoms with Gasteiger partial charge < -0.3 is 15.0 Å². The van der Waals surface area contributed by atoms with Gasteiger partial charge in [-0.15, -0.1) is 11.8 Å². The van der Waals surface area contributed by atoms with Gasteiger partial charge in [0, 0.05) is 30.4 Å². The number of benzene rings is 1. The van der Waals surface area contributed by atoms with Gasteiger partial charge in [-0.25, -0.2) is 0 Å². The van der Waals surface area contributed by atoms with Gasteiger partial charge in [0.25, 0.3) is 5.91 Å². The maximum atomic E-state index is 12.9. The maximum absolute atomic E-state index is 12.9. The van der Waals surface area contributed by atoms with E-state index in [1.807, 2.05) is 47.9 Å². The van der Waals surface area contributed by atoms with E-state index in [9.17, 15) is 9.59 Å². The Kier molecular flexibility index (Phi) is 8.06. The molecule has 2 amide bonds. The minimum atomic E-state index is -0.147. The zero-order valence-electron chi connectivity index (χ0n) is 18.4. The molecule has 2 aliphatic heterocycles. The Bertz CT molecular complexity index is 717. The van der Waals surface area contributed by atoms with Gasteiger partial charge in [-0.05, 0) is 56.9 Å². The number of amides is 2. The molecule has 2 fully saturated rings. The zero-order chi connectivity index (χ0) is 21.6. The van der Waals surface area contributed by atoms with Crippen molar-refractivity contribution in [1.82, 2.24) is 15.5 Å². The average Bonchev–Trinajstić information content (AvgIpc) is 3.18. The van der Waals surface area contributed by atoms with Crippen LogP contribution in [-0.2, 0) is 4.79 Å². The van der Waals surface area contributed by atoms with Crippen LogP contribution in [-0.4, -0.2) is 59.1 Å². The predicted molar refractivity (Wildman–Crippen MR) is 122 cm³/mol. The molecule has 2 saturated heterocycles. The smallest absolute Gasteiger partial charge is 0.253 e. The molecule has 6 nitrogen and oxygen atoms in total. The number of unbranched alkanes of at least 4 members (excludes halogenated alkanes) is 1. The van der Waals surface area contributed by atoms with Gasteiger partial charge in [-0.3, -0.25) is 14.9 Å². The number of carbonyl (C=O) groups excluding carboxylic acids is 2. The van der Waals surface area contributed by atoms with E-state index in [-0.39, 0.29) is 28.8 Å². The molecule has 0 saturated carbocycles. The van der Waals surface area contributed by atoms with Crippen LogP contribution in [0.2, 0.25) is 0 Å². The van der Waals surface area contributed by atoms with Crippen molar-refractivity contribution in [3.05, 3.63) is 29.8 Å². The summed E-state index contributed by atoms with van der Waals surface area (Å²) in [6, 6.07) is 7.51. The summed E-state index contributed by atoms with van der Waals surface area (Å²) < 4.78 is 5.68. The molecule has 0 unspecified atom stereocenters. The SMILES string of the molecule is CCCCOc1ccc(C(=O)N2CCC3(CC2)N[C@H](C(=O)N[C@H](C)CC)CS3)cc1. The molecule has 0 radical (unpaired) electrons. The summed E-state index contributed by atoms with van der Waals surface area (Å²) in [5.41, 5.74) is 0.701. The van der Waals surface area contributed by atoms with E-state index in [2.05, 4.69) is 24.5 Å². The summed E-state index contributed by atoms with van der Waals surface area (Å²) in [6.07, 6.45) is 4.77. The lowest BCUT2D eigenvalue weighted by atomic mass is 10.0. The molecule has 0 aliphatic carbocycles. The van der Waals surface area contributed by atoms with Crippen molar-refractivity contribution >= 4 is 23.6 Å². The molecule has 7 heteroatoms. The van der Waals surface area contributed by atoms with Crippen LogP contribution < -0.4 is 15.4 Å². The van der Waals surface area contributed by atoms with E-state index in [1.165, 1.54) is 0 Å². The van der Waals surface area contributed by atoms with E-state index in [0.29, 0.717) is 25.3 Å². The lowest BCUT2D eigenvalue weighted by Gasteiger charge is -2.39. The lowest BCUT2D eigenvalue weighted by molar-refractivity contribution is -0.123. The van der Waals surface area contributed by atoms with E-state index < -0.39 is 0 Å². The number of carbonyl (C=O) groups is 2. The molecule has 166 valence electrons. The van der Waals surface area contributed by atoms with E-state index in [0.717, 1.165) is 43.6 Å². The number of nitrogens with zero attached hydrogens (tertiary/aromatic N) is 1. The van der Waals surface area contributed by atoms with Crippen molar-refractivity contribution in [2.24, 2.45) is 0 Å². The normalized spacial score (nSPS) is 21.4. The van der Waals surface area contributed by atoms with E-state index in [1.54, 1.807) is 0 Å². The minimum Gasteiger partial charge on any atom is -0.494 e. The molecule has 0 bridgehead atoms. The topological polar surface area (TPSA) is 70.7 Å². The van der Waals surface area contributed by atoms with Gasteiger partial charge in [0.2, 0.25) is 5.91 Å². The van der Waals surface area contributed by atoms with Crippen molar-refractivity contribution in [1.29, 1.82) is 0 Å². The fourth-order valence-corrected chi connectivity index (χ4v) is 5.22. The molecule has 3 rings (SSSR count). The second-order valence-electron chi connectivity index (χ2n) is 8.34. The second kappa shape index (κ2) is 10.5. The number of ether oxygens (including phenoxy) is 1. The highest BCUT2D eigenvalue weighted by Gasteiger charge is 2.44. The van der Waals surface area contributed by atoms with Crippen molar-refractivity contribution in [2.75, 3.05) is 25.4 Å². The quantitative estimate of drug-likeness (QED) is 0.615. The number of rotatable bonds is 8. The Labute approximate surface area is 184 Å². The third-order valence-corrected chi connectivity index (χ3v) is 7.59. The first kappa shape index (κ1) is 22.9. The number of likely N-dealkylation sites (tertiary alicyclic amines) is 1. The number of thioether (sulfide) groups is 1. The summed E-state index contributed by atoms with van der Waals surface area (Å²) in [5, 5.41) is 6.64. The molecule has 1 aromatic carbocycles. The Morgan fingerprint density at radius 1 is 1.27 bits per heavy atom. The Hall–Kier alpha value is -1.73. The Morgan fingerprint density at radius 2 is 1.97 bits per heavy atom. The number of nitrogens with one attached hydrogen (secondary N) is 2. The van der Waals surface area contributed by atoms with Crippen LogP contribution >= 0.6 is 11.8 Å². The first-order valence-corrected chi connectivity index (χ1v) is 12.2. The van der Waals surface area contributed by atoms with Gasteiger partial charge in [0.15, 0.2) is 0 Å². The van der Waals surface area contributed by atoms with Crippen LogP contribution in [0.1, 0.15) is 63.2 Å². The zero-order valence-corrected chi connectivity index (χ0v) is 19.2. The molecular weight excluding hydrogens is 398 g/mol. The third-order valence-electron chi connectivity index (χ3n) is 6.01. The van der Waals surface area contributed by atoms with Crippen LogP contribution in [0.4, 0.5) is 0 Å². The summed E-state index contributed by atoms with van der Waals surface area (Å²) in [6.45, 7) is 8.35. The summed E-state index contributed by atoms with van der Waals surface area (Å²) in [5.74, 6) is 1.76. The number of hydrogen-bond donors (Lipinski definition) is 2. The van der Waals surface area contributed by atoms with Gasteiger partial charge >= 0.3 is 0 Å². The van der Waals surface area contributed by atoms with Crippen LogP contribution in [0.15, 0.2) is 24.3 Å². The minimum absolute atomic E-state index is 0.0685. The fraction of sp³-hybridized carbons (Fsp3) is 0.652. The molecule has 30 heavy (non-hydrogen) atoms. The molecule has 1 spiro atoms. The highest BCUT2D eigenvalue weighted by atomic mass is 32.2. The van der Waals surface area contributed by atoms with Gasteiger partial charge in [-0.1, -0.05) is 20.3 Å². The van der Waals surface area contributed by atoms with Gasteiger partial charge in [-0.2, -0.15) is 0 Å². The van der Waals surface area contributed by atoms with Crippen LogP contribution in [0, 0.1) is 0 Å². The second-order valence-corrected chi connectivity index (χ2v) is 9.74. The van der Waals surface area contributed by atoms with Crippen LogP contribution in [0.3, 0.4) is 0 Å². The van der Waals surface area contributed by atoms with Crippen molar-refractivity contribution in [3.63, 3.8) is 0 Å². The Balaban J connectivity index is 1.49. The lowest BCUT2D eigenvalue weighted by Crippen LogP contribution is -2.55. The molecule has 2 atom stereocenters. The molecule has 2 heterocycles. The first-order chi connectivity index (χ1) is 14.5. The highest BCUT2D eigenvalue weighted by molar-refractivity contribution is 8.01. The summed E-state index contributed by atoms with van der Waals surface area (Å²) in [4.78, 5) is 27.2. The summed E-state index contributed by atoms with van der Waals surface area (Å²) >= 11 is 1.83. The van der Waals surface area contributed by atoms with E-state index >= 15 is 0 Å². The summed E-state index contributed by atoms with van der Waals surface area (Å²) in [7, 11) is 0. The monoisotopic (exact) mass is 433 g/mol. The third kappa shape index (κ3) is 5.70. The largest absolute Gasteiger partial charge is 0.494 e. The standard InChI is InChI=1S/C23H35N3O3S/c1-4-6-15-29-19-9-7-18(8-10-19)22(28)26-13-11-23(12-14-26)25-20(16-30-23)21(27)24-17(3)5-2/h7-10,17,20,25H,4-6,11-16H2,1-3H3,(H,24,27)/t17-,20+/m1/s1. The first-order valence-electron chi connectivity index (χ1n) is 11.2. The molecule has 2 N–H and O–H groups in total. The average molecular weight is 434 g/mol. The van der Waals surface area contributed by atoms with Crippen molar-refractivity contribution in [2.45, 2.75) is 69.8 Å². The number of piperidine rings is 1. The predicted octanol–water partition coefficient (Wildman–Crippen LogP) is 3.42. The van der Waals surface area contributed by atoms with Gasteiger partial charge in [0.1, 0.15) is 5.75 Å².